The van der Waals surface area contributed by atoms with Crippen molar-refractivity contribution in [3.63, 3.8) is 0 Å². The zero-order valence-electron chi connectivity index (χ0n) is 18.9. The molecule has 2 aromatic carbocycles. The highest BCUT2D eigenvalue weighted by atomic mass is 16.6. The van der Waals surface area contributed by atoms with Gasteiger partial charge in [0.25, 0.3) is 5.91 Å². The number of hydrogen-bond acceptors (Lipinski definition) is 7. The van der Waals surface area contributed by atoms with Gasteiger partial charge < -0.3 is 28.9 Å². The zero-order chi connectivity index (χ0) is 23.5. The summed E-state index contributed by atoms with van der Waals surface area (Å²) in [6.07, 6.45) is 0.0528. The number of carbonyl (C=O) groups excluding carboxylic acids is 3. The fourth-order valence-electron chi connectivity index (χ4n) is 4.51. The van der Waals surface area contributed by atoms with Gasteiger partial charge in [-0.05, 0) is 24.3 Å². The smallest absolute Gasteiger partial charge is 0.311 e. The Morgan fingerprint density at radius 2 is 1.65 bits per heavy atom. The van der Waals surface area contributed by atoms with Crippen LogP contribution in [0.1, 0.15) is 6.42 Å². The quantitative estimate of drug-likeness (QED) is 0.621. The first kappa shape index (κ1) is 22.1. The number of hydrogen-bond donors (Lipinski definition) is 0. The van der Waals surface area contributed by atoms with E-state index in [0.29, 0.717) is 43.5 Å². The van der Waals surface area contributed by atoms with Crippen LogP contribution in [0.2, 0.25) is 0 Å². The minimum absolute atomic E-state index is 0.0528. The van der Waals surface area contributed by atoms with E-state index in [1.807, 2.05) is 18.2 Å². The SMILES string of the molecule is O=C(OCC(=O)N1CCN(c2ccccc2)CC1)C1CC(=O)N(c2ccc3c(c2)OCCO3)C1. The van der Waals surface area contributed by atoms with Gasteiger partial charge in [0.2, 0.25) is 5.91 Å². The van der Waals surface area contributed by atoms with Gasteiger partial charge in [0.15, 0.2) is 18.1 Å². The van der Waals surface area contributed by atoms with Crippen molar-refractivity contribution in [3.8, 4) is 11.5 Å². The highest BCUT2D eigenvalue weighted by Crippen LogP contribution is 2.36. The number of carbonyl (C=O) groups is 3. The summed E-state index contributed by atoms with van der Waals surface area (Å²) in [5.41, 5.74) is 1.78. The normalized spacial score (nSPS) is 19.8. The maximum absolute atomic E-state index is 12.6. The molecule has 0 spiro atoms. The lowest BCUT2D eigenvalue weighted by Crippen LogP contribution is -2.50. The van der Waals surface area contributed by atoms with Gasteiger partial charge >= 0.3 is 5.97 Å². The number of benzene rings is 2. The molecule has 5 rings (SSSR count). The first-order chi connectivity index (χ1) is 16.6. The molecule has 178 valence electrons. The predicted molar refractivity (Wildman–Crippen MR) is 124 cm³/mol. The predicted octanol–water partition coefficient (Wildman–Crippen LogP) is 1.70. The number of esters is 1. The summed E-state index contributed by atoms with van der Waals surface area (Å²) in [7, 11) is 0. The summed E-state index contributed by atoms with van der Waals surface area (Å²) in [5.74, 6) is -0.287. The summed E-state index contributed by atoms with van der Waals surface area (Å²) in [6, 6.07) is 15.4. The molecule has 0 N–H and O–H groups in total. The first-order valence-electron chi connectivity index (χ1n) is 11.5. The molecule has 34 heavy (non-hydrogen) atoms. The molecule has 0 saturated carbocycles. The second kappa shape index (κ2) is 9.62. The molecule has 1 unspecified atom stereocenters. The Bertz CT molecular complexity index is 1070. The molecule has 0 aromatic heterocycles. The van der Waals surface area contributed by atoms with E-state index in [2.05, 4.69) is 17.0 Å². The van der Waals surface area contributed by atoms with E-state index in [-0.39, 0.29) is 31.4 Å². The number of ether oxygens (including phenoxy) is 3. The van der Waals surface area contributed by atoms with Crippen LogP contribution in [0, 0.1) is 5.92 Å². The number of para-hydroxylation sites is 1. The Hall–Kier alpha value is -3.75. The van der Waals surface area contributed by atoms with E-state index in [1.54, 1.807) is 28.0 Å². The van der Waals surface area contributed by atoms with Crippen LogP contribution in [0.3, 0.4) is 0 Å². The Balaban J connectivity index is 1.11. The number of nitrogens with zero attached hydrogens (tertiary/aromatic N) is 3. The van der Waals surface area contributed by atoms with E-state index in [4.69, 9.17) is 14.2 Å². The molecular formula is C25H27N3O6. The van der Waals surface area contributed by atoms with Gasteiger partial charge in [0.1, 0.15) is 13.2 Å². The van der Waals surface area contributed by atoms with Crippen molar-refractivity contribution in [2.24, 2.45) is 5.92 Å². The Kier molecular flexibility index (Phi) is 6.24. The number of amides is 2. The van der Waals surface area contributed by atoms with E-state index < -0.39 is 11.9 Å². The van der Waals surface area contributed by atoms with Gasteiger partial charge in [0.05, 0.1) is 5.92 Å². The Morgan fingerprint density at radius 3 is 2.41 bits per heavy atom. The summed E-state index contributed by atoms with van der Waals surface area (Å²) in [4.78, 5) is 43.2. The summed E-state index contributed by atoms with van der Waals surface area (Å²) >= 11 is 0. The van der Waals surface area contributed by atoms with Crippen LogP contribution in [0.4, 0.5) is 11.4 Å². The molecule has 3 aliphatic rings. The number of anilines is 2. The zero-order valence-corrected chi connectivity index (χ0v) is 18.9. The number of fused-ring (bicyclic) bond motifs is 1. The van der Waals surface area contributed by atoms with Crippen LogP contribution in [0.5, 0.6) is 11.5 Å². The molecule has 2 fully saturated rings. The second-order valence-electron chi connectivity index (χ2n) is 8.54. The molecule has 0 bridgehead atoms. The molecule has 9 nitrogen and oxygen atoms in total. The Labute approximate surface area is 197 Å². The van der Waals surface area contributed by atoms with Crippen molar-refractivity contribution < 1.29 is 28.6 Å². The molecule has 1 atom stereocenters. The minimum atomic E-state index is -0.608. The van der Waals surface area contributed by atoms with Crippen LogP contribution in [0.15, 0.2) is 48.5 Å². The van der Waals surface area contributed by atoms with Crippen molar-refractivity contribution in [2.75, 3.05) is 62.3 Å². The summed E-state index contributed by atoms with van der Waals surface area (Å²) in [5, 5.41) is 0. The van der Waals surface area contributed by atoms with Crippen molar-refractivity contribution in [3.05, 3.63) is 48.5 Å². The number of rotatable bonds is 5. The summed E-state index contributed by atoms with van der Waals surface area (Å²) in [6.45, 7) is 3.45. The van der Waals surface area contributed by atoms with Gasteiger partial charge in [0, 0.05) is 56.6 Å². The lowest BCUT2D eigenvalue weighted by molar-refractivity contribution is -0.155. The third kappa shape index (κ3) is 4.64. The molecule has 2 saturated heterocycles. The molecule has 2 amide bonds. The average molecular weight is 466 g/mol. The van der Waals surface area contributed by atoms with Gasteiger partial charge in [-0.15, -0.1) is 0 Å². The van der Waals surface area contributed by atoms with Crippen molar-refractivity contribution >= 4 is 29.2 Å². The highest BCUT2D eigenvalue weighted by Gasteiger charge is 2.37. The molecule has 9 heteroatoms. The van der Waals surface area contributed by atoms with E-state index in [9.17, 15) is 14.4 Å². The van der Waals surface area contributed by atoms with E-state index in [0.717, 1.165) is 18.8 Å². The Morgan fingerprint density at radius 1 is 0.912 bits per heavy atom. The van der Waals surface area contributed by atoms with Gasteiger partial charge in [-0.1, -0.05) is 18.2 Å². The molecular weight excluding hydrogens is 438 g/mol. The van der Waals surface area contributed by atoms with Crippen molar-refractivity contribution in [2.45, 2.75) is 6.42 Å². The van der Waals surface area contributed by atoms with Gasteiger partial charge in [-0.25, -0.2) is 0 Å². The molecule has 3 aliphatic heterocycles. The standard InChI is InChI=1S/C25H27N3O6/c29-23-14-18(16-28(23)20-6-7-21-22(15-20)33-13-12-32-21)25(31)34-17-24(30)27-10-8-26(9-11-27)19-4-2-1-3-5-19/h1-7,15,18H,8-14,16-17H2. The lowest BCUT2D eigenvalue weighted by Gasteiger charge is -2.36. The maximum Gasteiger partial charge on any atom is 0.311 e. The third-order valence-corrected chi connectivity index (χ3v) is 6.39. The summed E-state index contributed by atoms with van der Waals surface area (Å²) < 4.78 is 16.4. The van der Waals surface area contributed by atoms with E-state index >= 15 is 0 Å². The van der Waals surface area contributed by atoms with Crippen LogP contribution >= 0.6 is 0 Å². The fraction of sp³-hybridized carbons (Fsp3) is 0.400. The molecule has 2 aromatic rings. The highest BCUT2D eigenvalue weighted by molar-refractivity contribution is 6.00. The molecule has 3 heterocycles. The largest absolute Gasteiger partial charge is 0.486 e. The van der Waals surface area contributed by atoms with E-state index in [1.165, 1.54) is 0 Å². The minimum Gasteiger partial charge on any atom is -0.486 e. The lowest BCUT2D eigenvalue weighted by atomic mass is 10.1. The maximum atomic E-state index is 12.6. The monoisotopic (exact) mass is 465 g/mol. The fourth-order valence-corrected chi connectivity index (χ4v) is 4.51. The van der Waals surface area contributed by atoms with Crippen molar-refractivity contribution in [1.82, 2.24) is 4.90 Å². The van der Waals surface area contributed by atoms with Gasteiger partial charge in [-0.3, -0.25) is 14.4 Å². The molecule has 0 radical (unpaired) electrons. The van der Waals surface area contributed by atoms with Crippen molar-refractivity contribution in [1.29, 1.82) is 0 Å². The third-order valence-electron chi connectivity index (χ3n) is 6.39. The second-order valence-corrected chi connectivity index (χ2v) is 8.54. The van der Waals surface area contributed by atoms with Crippen LogP contribution in [-0.4, -0.2) is 75.2 Å². The van der Waals surface area contributed by atoms with Gasteiger partial charge in [-0.2, -0.15) is 0 Å². The van der Waals surface area contributed by atoms with Crippen LogP contribution in [-0.2, 0) is 19.1 Å². The first-order valence-corrected chi connectivity index (χ1v) is 11.5. The number of piperazine rings is 1. The average Bonchev–Trinajstić information content (AvgIpc) is 3.29. The molecule has 0 aliphatic carbocycles. The van der Waals surface area contributed by atoms with Crippen LogP contribution in [0.25, 0.3) is 0 Å². The van der Waals surface area contributed by atoms with Crippen LogP contribution < -0.4 is 19.3 Å². The topological polar surface area (TPSA) is 88.6 Å².